The number of hydrogen-bond acceptors (Lipinski definition) is 3. The van der Waals surface area contributed by atoms with E-state index in [0.717, 1.165) is 17.1 Å². The predicted octanol–water partition coefficient (Wildman–Crippen LogP) is 1.94. The Bertz CT molecular complexity index is 860. The van der Waals surface area contributed by atoms with Crippen LogP contribution in [-0.2, 0) is 4.79 Å². The van der Waals surface area contributed by atoms with Gasteiger partial charge in [0, 0.05) is 17.1 Å². The Morgan fingerprint density at radius 1 is 1.11 bits per heavy atom. The number of rotatable bonds is 6. The van der Waals surface area contributed by atoms with E-state index >= 15 is 0 Å². The zero-order chi connectivity index (χ0) is 20.8. The Balaban J connectivity index is 2.13. The minimum Gasteiger partial charge on any atom is -0.352 e. The molecule has 0 bridgehead atoms. The average Bonchev–Trinajstić information content (AvgIpc) is 2.98. The van der Waals surface area contributed by atoms with Gasteiger partial charge in [0.25, 0.3) is 11.8 Å². The van der Waals surface area contributed by atoms with Crippen LogP contribution < -0.4 is 21.9 Å². The van der Waals surface area contributed by atoms with E-state index < -0.39 is 23.9 Å². The van der Waals surface area contributed by atoms with Gasteiger partial charge in [-0.3, -0.25) is 20.4 Å². The fourth-order valence-electron chi connectivity index (χ4n) is 3.09. The average molecular weight is 385 g/mol. The maximum Gasteiger partial charge on any atom is 0.312 e. The molecule has 0 aliphatic heterocycles. The first-order valence-electron chi connectivity index (χ1n) is 9.16. The third-order valence-corrected chi connectivity index (χ3v) is 4.78. The lowest BCUT2D eigenvalue weighted by molar-refractivity contribution is -0.124. The van der Waals surface area contributed by atoms with Crippen LogP contribution in [0, 0.1) is 19.8 Å². The zero-order valence-corrected chi connectivity index (χ0v) is 16.6. The van der Waals surface area contributed by atoms with Crippen LogP contribution >= 0.6 is 0 Å². The first-order valence-corrected chi connectivity index (χ1v) is 9.16. The molecule has 5 N–H and O–H groups in total. The summed E-state index contributed by atoms with van der Waals surface area (Å²) >= 11 is 0. The lowest BCUT2D eigenvalue weighted by atomic mass is 9.99. The minimum absolute atomic E-state index is 0.146. The standard InChI is InChI=1S/C20H27N5O3/c1-5-12(2)17(22-20(21)28)19(27)24-23-18(26)16-11-13(3)25(14(16)4)15-9-7-6-8-10-15/h6-12,17H,5H2,1-4H3,(H,23,26)(H,24,27)(H3,21,22,28)/t12-,17+/m1/s1. The molecule has 1 aromatic carbocycles. The number of urea groups is 1. The monoisotopic (exact) mass is 385 g/mol. The van der Waals surface area contributed by atoms with E-state index in [1.807, 2.05) is 62.6 Å². The Labute approximate surface area is 164 Å². The molecule has 150 valence electrons. The van der Waals surface area contributed by atoms with E-state index in [4.69, 9.17) is 5.73 Å². The molecule has 0 aliphatic rings. The van der Waals surface area contributed by atoms with E-state index in [1.165, 1.54) is 0 Å². The summed E-state index contributed by atoms with van der Waals surface area (Å²) < 4.78 is 1.97. The highest BCUT2D eigenvalue weighted by Crippen LogP contribution is 2.20. The maximum atomic E-state index is 12.6. The van der Waals surface area contributed by atoms with Crippen molar-refractivity contribution in [2.24, 2.45) is 11.7 Å². The number of nitrogens with two attached hydrogens (primary N) is 1. The van der Waals surface area contributed by atoms with E-state index in [1.54, 1.807) is 6.07 Å². The Morgan fingerprint density at radius 2 is 1.75 bits per heavy atom. The van der Waals surface area contributed by atoms with Gasteiger partial charge in [0.15, 0.2) is 0 Å². The number of nitrogens with one attached hydrogen (secondary N) is 3. The van der Waals surface area contributed by atoms with Gasteiger partial charge >= 0.3 is 6.03 Å². The van der Waals surface area contributed by atoms with Crippen LogP contribution in [0.4, 0.5) is 4.79 Å². The number of nitrogens with zero attached hydrogens (tertiary/aromatic N) is 1. The van der Waals surface area contributed by atoms with Crippen molar-refractivity contribution >= 4 is 17.8 Å². The first kappa shape index (κ1) is 21.0. The summed E-state index contributed by atoms with van der Waals surface area (Å²) in [6.07, 6.45) is 0.657. The molecule has 0 unspecified atom stereocenters. The van der Waals surface area contributed by atoms with Crippen molar-refractivity contribution in [3.05, 3.63) is 53.3 Å². The van der Waals surface area contributed by atoms with Crippen molar-refractivity contribution in [1.29, 1.82) is 0 Å². The molecule has 0 saturated heterocycles. The predicted molar refractivity (Wildman–Crippen MR) is 107 cm³/mol. The van der Waals surface area contributed by atoms with Crippen LogP contribution in [-0.4, -0.2) is 28.5 Å². The van der Waals surface area contributed by atoms with Crippen LogP contribution in [0.25, 0.3) is 5.69 Å². The molecule has 0 spiro atoms. The minimum atomic E-state index is -0.834. The number of benzene rings is 1. The molecule has 1 heterocycles. The fraction of sp³-hybridized carbons (Fsp3) is 0.350. The number of hydrogen-bond donors (Lipinski definition) is 4. The van der Waals surface area contributed by atoms with Crippen molar-refractivity contribution in [2.45, 2.75) is 40.2 Å². The largest absolute Gasteiger partial charge is 0.352 e. The van der Waals surface area contributed by atoms with Crippen molar-refractivity contribution in [3.8, 4) is 5.69 Å². The van der Waals surface area contributed by atoms with Crippen LogP contribution in [0.2, 0.25) is 0 Å². The van der Waals surface area contributed by atoms with Crippen LogP contribution in [0.3, 0.4) is 0 Å². The van der Waals surface area contributed by atoms with E-state index in [0.29, 0.717) is 12.0 Å². The van der Waals surface area contributed by atoms with E-state index in [2.05, 4.69) is 16.2 Å². The molecule has 2 rings (SSSR count). The van der Waals surface area contributed by atoms with Gasteiger partial charge in [0.1, 0.15) is 6.04 Å². The van der Waals surface area contributed by atoms with E-state index in [9.17, 15) is 14.4 Å². The van der Waals surface area contributed by atoms with Crippen LogP contribution in [0.15, 0.2) is 36.4 Å². The number of aromatic nitrogens is 1. The highest BCUT2D eigenvalue weighted by Gasteiger charge is 2.26. The number of carbonyl (C=O) groups excluding carboxylic acids is 3. The van der Waals surface area contributed by atoms with Crippen molar-refractivity contribution in [2.75, 3.05) is 0 Å². The smallest absolute Gasteiger partial charge is 0.312 e. The number of para-hydroxylation sites is 1. The van der Waals surface area contributed by atoms with Gasteiger partial charge < -0.3 is 15.6 Å². The Hall–Kier alpha value is -3.29. The Morgan fingerprint density at radius 3 is 2.32 bits per heavy atom. The lowest BCUT2D eigenvalue weighted by Gasteiger charge is -2.22. The molecular formula is C20H27N5O3. The number of aryl methyl sites for hydroxylation is 1. The van der Waals surface area contributed by atoms with Crippen molar-refractivity contribution < 1.29 is 14.4 Å². The third kappa shape index (κ3) is 4.70. The van der Waals surface area contributed by atoms with Crippen LogP contribution in [0.1, 0.15) is 42.0 Å². The molecule has 0 aliphatic carbocycles. The summed E-state index contributed by atoms with van der Waals surface area (Å²) in [4.78, 5) is 36.1. The first-order chi connectivity index (χ1) is 13.3. The van der Waals surface area contributed by atoms with Gasteiger partial charge in [-0.15, -0.1) is 0 Å². The van der Waals surface area contributed by atoms with Crippen LogP contribution in [0.5, 0.6) is 0 Å². The molecule has 0 fully saturated rings. The highest BCUT2D eigenvalue weighted by atomic mass is 16.2. The number of carbonyl (C=O) groups is 3. The highest BCUT2D eigenvalue weighted by molar-refractivity contribution is 5.97. The SMILES string of the molecule is CC[C@@H](C)[C@H](NC(N)=O)C(=O)NNC(=O)c1cc(C)n(-c2ccccc2)c1C. The molecule has 2 atom stereocenters. The lowest BCUT2D eigenvalue weighted by Crippen LogP contribution is -2.55. The quantitative estimate of drug-likeness (QED) is 0.569. The Kier molecular flexibility index (Phi) is 6.81. The van der Waals surface area contributed by atoms with Gasteiger partial charge in [0.2, 0.25) is 0 Å². The fourth-order valence-corrected chi connectivity index (χ4v) is 3.09. The number of hydrazine groups is 1. The number of primary amides is 1. The zero-order valence-electron chi connectivity index (χ0n) is 16.6. The molecular weight excluding hydrogens is 358 g/mol. The number of amides is 4. The summed E-state index contributed by atoms with van der Waals surface area (Å²) in [5.74, 6) is -1.11. The van der Waals surface area contributed by atoms with Gasteiger partial charge in [0.05, 0.1) is 5.56 Å². The van der Waals surface area contributed by atoms with Crippen molar-refractivity contribution in [3.63, 3.8) is 0 Å². The second-order valence-corrected chi connectivity index (χ2v) is 6.77. The molecule has 0 saturated carbocycles. The maximum absolute atomic E-state index is 12.6. The normalized spacial score (nSPS) is 12.7. The van der Waals surface area contributed by atoms with Gasteiger partial charge in [-0.2, -0.15) is 0 Å². The second kappa shape index (κ2) is 9.07. The second-order valence-electron chi connectivity index (χ2n) is 6.77. The summed E-state index contributed by atoms with van der Waals surface area (Å²) in [6.45, 7) is 7.46. The summed E-state index contributed by atoms with van der Waals surface area (Å²) in [6, 6.07) is 9.82. The summed E-state index contributed by atoms with van der Waals surface area (Å²) in [5.41, 5.74) is 13.0. The molecule has 28 heavy (non-hydrogen) atoms. The van der Waals surface area contributed by atoms with E-state index in [-0.39, 0.29) is 5.92 Å². The topological polar surface area (TPSA) is 118 Å². The summed E-state index contributed by atoms with van der Waals surface area (Å²) in [5, 5.41) is 2.41. The van der Waals surface area contributed by atoms with Gasteiger partial charge in [-0.1, -0.05) is 38.5 Å². The molecule has 8 nitrogen and oxygen atoms in total. The molecule has 0 radical (unpaired) electrons. The van der Waals surface area contributed by atoms with Gasteiger partial charge in [-0.25, -0.2) is 4.79 Å². The molecule has 2 aromatic rings. The third-order valence-electron chi connectivity index (χ3n) is 4.78. The van der Waals surface area contributed by atoms with Crippen molar-refractivity contribution in [1.82, 2.24) is 20.7 Å². The summed E-state index contributed by atoms with van der Waals surface area (Å²) in [7, 11) is 0. The molecule has 4 amide bonds. The molecule has 8 heteroatoms. The van der Waals surface area contributed by atoms with Gasteiger partial charge in [-0.05, 0) is 38.0 Å². The molecule has 1 aromatic heterocycles.